The fourth-order valence-electron chi connectivity index (χ4n) is 5.42. The number of hydrogen-bond acceptors (Lipinski definition) is 5. The van der Waals surface area contributed by atoms with E-state index in [0.717, 1.165) is 31.7 Å². The molecule has 1 heterocycles. The van der Waals surface area contributed by atoms with Gasteiger partial charge in [0.05, 0.1) is 10.2 Å². The highest BCUT2D eigenvalue weighted by molar-refractivity contribution is 7.95. The maximum Gasteiger partial charge on any atom is 0.264 e. The van der Waals surface area contributed by atoms with Gasteiger partial charge in [-0.1, -0.05) is 128 Å². The number of nitrogens with one attached hydrogen (secondary N) is 1. The molecular formula is C38H33N2O3PS. The van der Waals surface area contributed by atoms with E-state index in [2.05, 4.69) is 60.5 Å². The molecule has 45 heavy (non-hydrogen) atoms. The Bertz CT molecular complexity index is 1870. The van der Waals surface area contributed by atoms with Gasteiger partial charge in [-0.25, -0.2) is 4.98 Å². The van der Waals surface area contributed by atoms with Crippen LogP contribution < -0.4 is 26.0 Å². The fourth-order valence-corrected chi connectivity index (χ4v) is 10.1. The molecule has 0 bridgehead atoms. The number of amides is 1. The highest BCUT2D eigenvalue weighted by Crippen LogP contribution is 2.44. The molecule has 0 unspecified atom stereocenters. The van der Waals surface area contributed by atoms with Gasteiger partial charge in [-0.05, 0) is 70.4 Å². The van der Waals surface area contributed by atoms with Crippen molar-refractivity contribution in [2.75, 3.05) is 11.9 Å². The van der Waals surface area contributed by atoms with Crippen molar-refractivity contribution in [2.24, 2.45) is 0 Å². The van der Waals surface area contributed by atoms with Crippen LogP contribution in [-0.4, -0.2) is 29.1 Å². The Morgan fingerprint density at radius 3 is 1.89 bits per heavy atom. The SMILES string of the molecule is CC(C)c1cc(C(=O)C=P(c2ccccc2)(c2ccccc2)c2ccccc2)ccc1OCC(=O)Nc1nc2ccccc2s1. The number of nitrogens with zero attached hydrogens (tertiary/aromatic N) is 1. The van der Waals surface area contributed by atoms with E-state index in [4.69, 9.17) is 4.74 Å². The minimum absolute atomic E-state index is 0.0538. The van der Waals surface area contributed by atoms with Crippen molar-refractivity contribution in [1.29, 1.82) is 0 Å². The van der Waals surface area contributed by atoms with E-state index in [0.29, 0.717) is 16.4 Å². The first-order chi connectivity index (χ1) is 21.9. The number of anilines is 1. The molecule has 0 fully saturated rings. The summed E-state index contributed by atoms with van der Waals surface area (Å²) in [6, 6.07) is 44.2. The number of aromatic nitrogens is 1. The van der Waals surface area contributed by atoms with Gasteiger partial charge in [-0.3, -0.25) is 14.9 Å². The van der Waals surface area contributed by atoms with Crippen molar-refractivity contribution in [3.63, 3.8) is 0 Å². The molecule has 0 saturated heterocycles. The molecular weight excluding hydrogens is 595 g/mol. The zero-order valence-electron chi connectivity index (χ0n) is 25.1. The number of thiazole rings is 1. The summed E-state index contributed by atoms with van der Waals surface area (Å²) < 4.78 is 7.01. The Morgan fingerprint density at radius 2 is 1.33 bits per heavy atom. The van der Waals surface area contributed by atoms with Gasteiger partial charge < -0.3 is 4.74 Å². The molecule has 6 rings (SSSR count). The quantitative estimate of drug-likeness (QED) is 0.127. The molecule has 0 radical (unpaired) electrons. The summed E-state index contributed by atoms with van der Waals surface area (Å²) in [5.74, 6) is 2.24. The highest BCUT2D eigenvalue weighted by Gasteiger charge is 2.27. The monoisotopic (exact) mass is 628 g/mol. The van der Waals surface area contributed by atoms with Crippen molar-refractivity contribution >= 4 is 67.0 Å². The van der Waals surface area contributed by atoms with Gasteiger partial charge in [0.2, 0.25) is 0 Å². The van der Waals surface area contributed by atoms with E-state index in [1.165, 1.54) is 11.3 Å². The zero-order chi connectivity index (χ0) is 31.2. The van der Waals surface area contributed by atoms with Crippen LogP contribution in [0.4, 0.5) is 5.13 Å². The minimum atomic E-state index is -2.46. The molecule has 0 atom stereocenters. The first kappa shape index (κ1) is 30.3. The molecule has 7 heteroatoms. The summed E-state index contributed by atoms with van der Waals surface area (Å²) in [6.07, 6.45) is 0. The lowest BCUT2D eigenvalue weighted by molar-refractivity contribution is -0.118. The van der Waals surface area contributed by atoms with E-state index < -0.39 is 6.89 Å². The van der Waals surface area contributed by atoms with Crippen molar-refractivity contribution in [2.45, 2.75) is 19.8 Å². The number of ketones is 1. The lowest BCUT2D eigenvalue weighted by atomic mass is 9.98. The highest BCUT2D eigenvalue weighted by atomic mass is 32.1. The zero-order valence-corrected chi connectivity index (χ0v) is 26.8. The fraction of sp³-hybridized carbons (Fsp3) is 0.105. The van der Waals surface area contributed by atoms with Crippen LogP contribution in [0.25, 0.3) is 10.2 Å². The van der Waals surface area contributed by atoms with Crippen LogP contribution in [-0.2, 0) is 4.79 Å². The van der Waals surface area contributed by atoms with E-state index in [1.54, 1.807) is 12.1 Å². The number of carbonyl (C=O) groups excluding carboxylic acids is 2. The maximum atomic E-state index is 14.3. The summed E-state index contributed by atoms with van der Waals surface area (Å²) in [4.78, 5) is 31.5. The summed E-state index contributed by atoms with van der Waals surface area (Å²) in [5.41, 5.74) is 2.29. The lowest BCUT2D eigenvalue weighted by Gasteiger charge is -2.28. The van der Waals surface area contributed by atoms with Crippen LogP contribution in [0.3, 0.4) is 0 Å². The molecule has 5 aromatic carbocycles. The third kappa shape index (κ3) is 6.53. The van der Waals surface area contributed by atoms with E-state index in [-0.39, 0.29) is 24.2 Å². The predicted octanol–water partition coefficient (Wildman–Crippen LogP) is 7.42. The second kappa shape index (κ2) is 13.5. The Kier molecular flexibility index (Phi) is 9.06. The van der Waals surface area contributed by atoms with Gasteiger partial charge in [0.15, 0.2) is 17.5 Å². The number of rotatable bonds is 10. The first-order valence-electron chi connectivity index (χ1n) is 14.8. The maximum absolute atomic E-state index is 14.3. The van der Waals surface area contributed by atoms with Crippen molar-refractivity contribution in [1.82, 2.24) is 4.98 Å². The van der Waals surface area contributed by atoms with Crippen LogP contribution in [0.2, 0.25) is 0 Å². The average molecular weight is 629 g/mol. The number of ether oxygens (including phenoxy) is 1. The van der Waals surface area contributed by atoms with Crippen LogP contribution >= 0.6 is 18.2 Å². The summed E-state index contributed by atoms with van der Waals surface area (Å²) >= 11 is 1.42. The number of carbonyl (C=O) groups is 2. The molecule has 0 aliphatic heterocycles. The molecule has 0 aliphatic rings. The number of Topliss-reactive ketones (excluding diaryl/α,β-unsaturated/α-hetero) is 1. The largest absolute Gasteiger partial charge is 0.483 e. The summed E-state index contributed by atoms with van der Waals surface area (Å²) in [7, 11) is 0. The second-order valence-electron chi connectivity index (χ2n) is 11.0. The molecule has 5 nitrogen and oxygen atoms in total. The average Bonchev–Trinajstić information content (AvgIpc) is 3.49. The van der Waals surface area contributed by atoms with E-state index in [1.807, 2.05) is 90.7 Å². The van der Waals surface area contributed by atoms with Gasteiger partial charge in [-0.2, -0.15) is 0 Å². The molecule has 1 N–H and O–H groups in total. The summed E-state index contributed by atoms with van der Waals surface area (Å²) in [5, 5.41) is 6.71. The number of para-hydroxylation sites is 1. The van der Waals surface area contributed by atoms with E-state index >= 15 is 0 Å². The molecule has 0 saturated carbocycles. The second-order valence-corrected chi connectivity index (χ2v) is 15.2. The third-order valence-electron chi connectivity index (χ3n) is 7.62. The predicted molar refractivity (Wildman–Crippen MR) is 190 cm³/mol. The smallest absolute Gasteiger partial charge is 0.264 e. The normalized spacial score (nSPS) is 11.4. The lowest BCUT2D eigenvalue weighted by Crippen LogP contribution is -2.28. The van der Waals surface area contributed by atoms with Crippen molar-refractivity contribution in [3.05, 3.63) is 145 Å². The van der Waals surface area contributed by atoms with Crippen LogP contribution in [0, 0.1) is 0 Å². The van der Waals surface area contributed by atoms with Crippen molar-refractivity contribution < 1.29 is 14.3 Å². The van der Waals surface area contributed by atoms with Crippen LogP contribution in [0.1, 0.15) is 35.7 Å². The Hall–Kier alpha value is -4.77. The summed E-state index contributed by atoms with van der Waals surface area (Å²) in [6.45, 7) is 1.48. The Balaban J connectivity index is 1.33. The standard InChI is InChI=1S/C38H33N2O3PS/c1-27(2)32-24-28(22-23-35(32)43-25-37(42)40-38-39-33-20-12-13-21-36(33)45-38)34(41)26-44(29-14-6-3-7-15-29,30-16-8-4-9-17-30)31-18-10-5-11-19-31/h3-24,26-27H,25H2,1-2H3,(H,39,40,42). The molecule has 224 valence electrons. The molecule has 1 amide bonds. The Morgan fingerprint density at radius 1 is 0.778 bits per heavy atom. The molecule has 1 aromatic heterocycles. The third-order valence-corrected chi connectivity index (χ3v) is 12.5. The van der Waals surface area contributed by atoms with Gasteiger partial charge >= 0.3 is 0 Å². The van der Waals surface area contributed by atoms with Gasteiger partial charge in [-0.15, -0.1) is 0 Å². The van der Waals surface area contributed by atoms with Crippen LogP contribution in [0.5, 0.6) is 5.75 Å². The topological polar surface area (TPSA) is 68.3 Å². The van der Waals surface area contributed by atoms with Gasteiger partial charge in [0.1, 0.15) is 5.75 Å². The minimum Gasteiger partial charge on any atom is -0.483 e. The first-order valence-corrected chi connectivity index (χ1v) is 17.5. The number of hydrogen-bond donors (Lipinski definition) is 1. The molecule has 0 spiro atoms. The Labute approximate surface area is 267 Å². The molecule has 6 aromatic rings. The molecule has 0 aliphatic carbocycles. The van der Waals surface area contributed by atoms with E-state index in [9.17, 15) is 9.59 Å². The number of fused-ring (bicyclic) bond motifs is 1. The van der Waals surface area contributed by atoms with Gasteiger partial charge in [0, 0.05) is 5.56 Å². The van der Waals surface area contributed by atoms with Crippen LogP contribution in [0.15, 0.2) is 133 Å². The van der Waals surface area contributed by atoms with Gasteiger partial charge in [0.25, 0.3) is 5.91 Å². The van der Waals surface area contributed by atoms with Crippen molar-refractivity contribution in [3.8, 4) is 5.75 Å². The number of benzene rings is 5.